The van der Waals surface area contributed by atoms with Crippen molar-refractivity contribution in [2.24, 2.45) is 0 Å². The van der Waals surface area contributed by atoms with Crippen LogP contribution in [0.1, 0.15) is 27.0 Å². The van der Waals surface area contributed by atoms with E-state index in [1.807, 2.05) is 0 Å². The Morgan fingerprint density at radius 3 is 2.21 bits per heavy atom. The van der Waals surface area contributed by atoms with Gasteiger partial charge in [0.15, 0.2) is 0 Å². The van der Waals surface area contributed by atoms with Crippen LogP contribution in [-0.2, 0) is 13.6 Å². The lowest BCUT2D eigenvalue weighted by Crippen LogP contribution is -2.03. The maximum atomic E-state index is 13.6. The predicted octanol–water partition coefficient (Wildman–Crippen LogP) is 4.58. The van der Waals surface area contributed by atoms with Crippen LogP contribution in [-0.4, -0.2) is 20.0 Å². The van der Waals surface area contributed by atoms with Gasteiger partial charge in [-0.3, -0.25) is 9.36 Å². The number of aryl methyl sites for hydroxylation is 1. The fraction of sp³-hybridized carbons (Fsp3) is 0.167. The minimum Gasteiger partial charge on any atom is -0.308 e. The minimum absolute atomic E-state index is 0.0142. The number of fused-ring (bicyclic) bond motifs is 1. The highest BCUT2D eigenvalue weighted by Gasteiger charge is 2.42. The van der Waals surface area contributed by atoms with E-state index >= 15 is 0 Å². The van der Waals surface area contributed by atoms with Crippen LogP contribution in [0.3, 0.4) is 0 Å². The number of halogens is 1. The molecule has 0 saturated carbocycles. The summed E-state index contributed by atoms with van der Waals surface area (Å²) < 4.78 is 36.7. The van der Waals surface area contributed by atoms with Crippen molar-refractivity contribution in [2.45, 2.75) is 6.92 Å². The Balaban J connectivity index is 2.36. The summed E-state index contributed by atoms with van der Waals surface area (Å²) >= 11 is 0. The van der Waals surface area contributed by atoms with Gasteiger partial charge in [-0.05, 0) is 35.7 Å². The molecular formula is C18H16FO4P. The summed E-state index contributed by atoms with van der Waals surface area (Å²) in [5.41, 5.74) is 2.56. The van der Waals surface area contributed by atoms with Gasteiger partial charge in [-0.25, -0.2) is 4.39 Å². The molecule has 0 aromatic heterocycles. The summed E-state index contributed by atoms with van der Waals surface area (Å²) in [5, 5.41) is -0.0142. The second kappa shape index (κ2) is 6.10. The van der Waals surface area contributed by atoms with Crippen LogP contribution in [0, 0.1) is 12.7 Å². The summed E-state index contributed by atoms with van der Waals surface area (Å²) in [4.78, 5) is 12.8. The summed E-state index contributed by atoms with van der Waals surface area (Å²) in [6.45, 7) is 1.63. The van der Waals surface area contributed by atoms with Crippen molar-refractivity contribution in [1.82, 2.24) is 0 Å². The Labute approximate surface area is 139 Å². The van der Waals surface area contributed by atoms with Crippen molar-refractivity contribution in [3.8, 4) is 0 Å². The van der Waals surface area contributed by atoms with Crippen LogP contribution in [0.5, 0.6) is 0 Å². The zero-order valence-electron chi connectivity index (χ0n) is 13.5. The van der Waals surface area contributed by atoms with Crippen LogP contribution in [0.2, 0.25) is 0 Å². The average molecular weight is 346 g/mol. The van der Waals surface area contributed by atoms with Crippen molar-refractivity contribution >= 4 is 19.0 Å². The lowest BCUT2D eigenvalue weighted by atomic mass is 9.98. The lowest BCUT2D eigenvalue weighted by molar-refractivity contribution is 0.104. The van der Waals surface area contributed by atoms with E-state index in [1.165, 1.54) is 20.3 Å². The molecule has 6 heteroatoms. The van der Waals surface area contributed by atoms with E-state index in [0.717, 1.165) is 0 Å². The van der Waals surface area contributed by atoms with Gasteiger partial charge >= 0.3 is 7.60 Å². The van der Waals surface area contributed by atoms with Gasteiger partial charge in [0.2, 0.25) is 5.78 Å². The largest absolute Gasteiger partial charge is 0.365 e. The first-order valence-corrected chi connectivity index (χ1v) is 8.84. The molecule has 0 bridgehead atoms. The second-order valence-corrected chi connectivity index (χ2v) is 7.60. The lowest BCUT2D eigenvalue weighted by Gasteiger charge is -2.16. The van der Waals surface area contributed by atoms with Gasteiger partial charge in [-0.1, -0.05) is 30.3 Å². The maximum absolute atomic E-state index is 13.6. The quantitative estimate of drug-likeness (QED) is 0.761. The van der Waals surface area contributed by atoms with Crippen molar-refractivity contribution in [3.63, 3.8) is 0 Å². The van der Waals surface area contributed by atoms with E-state index < -0.39 is 13.4 Å². The van der Waals surface area contributed by atoms with Gasteiger partial charge in [0.25, 0.3) is 0 Å². The van der Waals surface area contributed by atoms with Crippen LogP contribution < -0.4 is 0 Å². The minimum atomic E-state index is -3.78. The Morgan fingerprint density at radius 1 is 1.00 bits per heavy atom. The number of allylic oxidation sites excluding steroid dienone is 1. The third kappa shape index (κ3) is 2.46. The fourth-order valence-corrected chi connectivity index (χ4v) is 4.29. The van der Waals surface area contributed by atoms with Gasteiger partial charge in [0, 0.05) is 25.4 Å². The van der Waals surface area contributed by atoms with Gasteiger partial charge in [0.05, 0.1) is 0 Å². The van der Waals surface area contributed by atoms with Crippen LogP contribution in [0.15, 0.2) is 47.8 Å². The normalized spacial score (nSPS) is 14.2. The summed E-state index contributed by atoms with van der Waals surface area (Å²) in [5.74, 6) is -0.741. The monoisotopic (exact) mass is 346 g/mol. The summed E-state index contributed by atoms with van der Waals surface area (Å²) in [7, 11) is -1.31. The zero-order valence-corrected chi connectivity index (χ0v) is 14.4. The van der Waals surface area contributed by atoms with Gasteiger partial charge < -0.3 is 9.05 Å². The molecule has 0 atom stereocenters. The number of carbonyl (C=O) groups excluding carboxylic acids is 1. The third-order valence-electron chi connectivity index (χ3n) is 4.09. The Morgan fingerprint density at radius 2 is 1.62 bits per heavy atom. The smallest absolute Gasteiger partial charge is 0.308 e. The first kappa shape index (κ1) is 16.8. The van der Waals surface area contributed by atoms with E-state index in [9.17, 15) is 13.8 Å². The highest BCUT2D eigenvalue weighted by molar-refractivity contribution is 7.60. The number of benzene rings is 2. The number of Topliss-reactive ketones (excluding diaryl/α,β-unsaturated/α-hetero) is 1. The standard InChI is InChI=1S/C18H16FO4P/c1-11-10-12(8-9-15(11)19)16-13-6-4-5-7-14(13)17(20)18(16)24(21,22-2)23-3/h4-10H,1-3H3. The molecule has 0 spiro atoms. The average Bonchev–Trinajstić information content (AvgIpc) is 2.90. The van der Waals surface area contributed by atoms with E-state index in [2.05, 4.69) is 0 Å². The molecule has 1 aliphatic carbocycles. The van der Waals surface area contributed by atoms with Gasteiger partial charge in [-0.2, -0.15) is 0 Å². The van der Waals surface area contributed by atoms with Crippen molar-refractivity contribution in [1.29, 1.82) is 0 Å². The molecular weight excluding hydrogens is 330 g/mol. The fourth-order valence-electron chi connectivity index (χ4n) is 2.88. The molecule has 0 aliphatic heterocycles. The molecule has 1 aliphatic rings. The second-order valence-electron chi connectivity index (χ2n) is 5.42. The predicted molar refractivity (Wildman–Crippen MR) is 89.6 cm³/mol. The Kier molecular flexibility index (Phi) is 4.26. The van der Waals surface area contributed by atoms with E-state index in [-0.39, 0.29) is 11.1 Å². The molecule has 0 heterocycles. The Bertz CT molecular complexity index is 909. The van der Waals surface area contributed by atoms with Gasteiger partial charge in [-0.15, -0.1) is 0 Å². The molecule has 2 aromatic carbocycles. The number of carbonyl (C=O) groups is 1. The molecule has 2 aromatic rings. The molecule has 4 nitrogen and oxygen atoms in total. The van der Waals surface area contributed by atoms with E-state index in [0.29, 0.717) is 27.8 Å². The highest BCUT2D eigenvalue weighted by atomic mass is 31.2. The van der Waals surface area contributed by atoms with Crippen LogP contribution in [0.4, 0.5) is 4.39 Å². The van der Waals surface area contributed by atoms with E-state index in [1.54, 1.807) is 43.3 Å². The number of ketones is 1. The van der Waals surface area contributed by atoms with E-state index in [4.69, 9.17) is 9.05 Å². The number of rotatable bonds is 4. The molecule has 0 N–H and O–H groups in total. The van der Waals surface area contributed by atoms with Crippen molar-refractivity contribution in [2.75, 3.05) is 14.2 Å². The van der Waals surface area contributed by atoms with Crippen LogP contribution >= 0.6 is 7.60 Å². The molecule has 0 amide bonds. The Hall–Kier alpha value is -2.07. The van der Waals surface area contributed by atoms with Gasteiger partial charge in [0.1, 0.15) is 11.1 Å². The molecule has 0 radical (unpaired) electrons. The molecule has 124 valence electrons. The molecule has 3 rings (SSSR count). The molecule has 0 fully saturated rings. The summed E-state index contributed by atoms with van der Waals surface area (Å²) in [6.07, 6.45) is 0. The topological polar surface area (TPSA) is 52.6 Å². The number of hydrogen-bond donors (Lipinski definition) is 0. The van der Waals surface area contributed by atoms with Crippen molar-refractivity contribution < 1.29 is 22.8 Å². The molecule has 0 unspecified atom stereocenters. The SMILES string of the molecule is COP(=O)(OC)C1=C(c2ccc(F)c(C)c2)c2ccccc2C1=O. The first-order valence-electron chi connectivity index (χ1n) is 7.30. The van der Waals surface area contributed by atoms with Crippen molar-refractivity contribution in [3.05, 3.63) is 75.8 Å². The number of hydrogen-bond acceptors (Lipinski definition) is 4. The zero-order chi connectivity index (χ0) is 17.5. The summed E-state index contributed by atoms with van der Waals surface area (Å²) in [6, 6.07) is 11.5. The highest BCUT2D eigenvalue weighted by Crippen LogP contribution is 2.61. The molecule has 0 saturated heterocycles. The molecule has 24 heavy (non-hydrogen) atoms. The first-order chi connectivity index (χ1) is 11.4. The third-order valence-corrected chi connectivity index (χ3v) is 6.03. The maximum Gasteiger partial charge on any atom is 0.365 e. The van der Waals surface area contributed by atoms with Crippen LogP contribution in [0.25, 0.3) is 5.57 Å².